The van der Waals surface area contributed by atoms with Crippen molar-refractivity contribution in [3.8, 4) is 5.75 Å². The molecule has 106 valence electrons. The van der Waals surface area contributed by atoms with Gasteiger partial charge in [0.05, 0.1) is 7.11 Å². The van der Waals surface area contributed by atoms with Gasteiger partial charge in [-0.25, -0.2) is 4.39 Å². The van der Waals surface area contributed by atoms with E-state index in [0.717, 1.165) is 28.9 Å². The van der Waals surface area contributed by atoms with Gasteiger partial charge in [0.15, 0.2) is 0 Å². The lowest BCUT2D eigenvalue weighted by molar-refractivity contribution is 0.413. The number of rotatable bonds is 5. The van der Waals surface area contributed by atoms with Crippen LogP contribution in [0, 0.1) is 12.7 Å². The Hall–Kier alpha value is -1.87. The van der Waals surface area contributed by atoms with Crippen molar-refractivity contribution in [2.75, 3.05) is 14.2 Å². The lowest BCUT2D eigenvalue weighted by Crippen LogP contribution is -2.19. The van der Waals surface area contributed by atoms with Gasteiger partial charge in [0.2, 0.25) is 0 Å². The maximum atomic E-state index is 13.2. The number of halogens is 1. The van der Waals surface area contributed by atoms with Gasteiger partial charge in [-0.15, -0.1) is 0 Å². The van der Waals surface area contributed by atoms with E-state index in [1.165, 1.54) is 6.07 Å². The molecule has 0 saturated carbocycles. The molecule has 2 nitrogen and oxygen atoms in total. The Labute approximate surface area is 119 Å². The molecule has 2 aromatic rings. The van der Waals surface area contributed by atoms with Crippen molar-refractivity contribution in [2.24, 2.45) is 0 Å². The van der Waals surface area contributed by atoms with Gasteiger partial charge in [0.1, 0.15) is 11.6 Å². The topological polar surface area (TPSA) is 21.3 Å². The summed E-state index contributed by atoms with van der Waals surface area (Å²) in [5.41, 5.74) is 3.29. The van der Waals surface area contributed by atoms with Crippen molar-refractivity contribution < 1.29 is 9.13 Å². The first-order chi connectivity index (χ1) is 9.63. The van der Waals surface area contributed by atoms with Gasteiger partial charge < -0.3 is 10.1 Å². The molecule has 0 aliphatic heterocycles. The van der Waals surface area contributed by atoms with Crippen LogP contribution in [-0.2, 0) is 6.42 Å². The normalized spacial score (nSPS) is 12.2. The predicted molar refractivity (Wildman–Crippen MR) is 79.6 cm³/mol. The van der Waals surface area contributed by atoms with E-state index in [2.05, 4.69) is 11.4 Å². The molecule has 1 unspecified atom stereocenters. The number of benzene rings is 2. The molecule has 2 aromatic carbocycles. The molecule has 0 bridgehead atoms. The number of likely N-dealkylation sites (N-methyl/N-ethyl adjacent to an activating group) is 1. The first kappa shape index (κ1) is 14.5. The van der Waals surface area contributed by atoms with E-state index in [9.17, 15) is 4.39 Å². The van der Waals surface area contributed by atoms with E-state index < -0.39 is 0 Å². The molecule has 1 N–H and O–H groups in total. The second-order valence-electron chi connectivity index (χ2n) is 4.89. The van der Waals surface area contributed by atoms with Crippen LogP contribution >= 0.6 is 0 Å². The number of methoxy groups -OCH3 is 1. The monoisotopic (exact) mass is 273 g/mol. The molecule has 0 amide bonds. The molecular weight excluding hydrogens is 253 g/mol. The van der Waals surface area contributed by atoms with Crippen LogP contribution < -0.4 is 10.1 Å². The standard InChI is InChI=1S/C17H20FNO/c1-12-9-15(18)8-7-13(12)11-17(19-2)14-5-4-6-16(10-14)20-3/h4-10,17,19H,11H2,1-3H3. The highest BCUT2D eigenvalue weighted by Gasteiger charge is 2.12. The Kier molecular flexibility index (Phi) is 4.74. The van der Waals surface area contributed by atoms with Crippen LogP contribution in [0.1, 0.15) is 22.7 Å². The molecule has 0 heterocycles. The summed E-state index contributed by atoms with van der Waals surface area (Å²) in [5, 5.41) is 3.31. The predicted octanol–water partition coefficient (Wildman–Crippen LogP) is 3.65. The second-order valence-corrected chi connectivity index (χ2v) is 4.89. The van der Waals surface area contributed by atoms with Gasteiger partial charge >= 0.3 is 0 Å². The summed E-state index contributed by atoms with van der Waals surface area (Å²) in [4.78, 5) is 0. The van der Waals surface area contributed by atoms with Crippen LogP contribution in [0.5, 0.6) is 5.75 Å². The molecule has 0 saturated heterocycles. The van der Waals surface area contributed by atoms with Crippen molar-refractivity contribution in [1.29, 1.82) is 0 Å². The van der Waals surface area contributed by atoms with E-state index in [-0.39, 0.29) is 11.9 Å². The largest absolute Gasteiger partial charge is 0.497 e. The summed E-state index contributed by atoms with van der Waals surface area (Å²) in [6, 6.07) is 13.1. The fraction of sp³-hybridized carbons (Fsp3) is 0.294. The zero-order valence-electron chi connectivity index (χ0n) is 12.1. The number of hydrogen-bond donors (Lipinski definition) is 1. The van der Waals surface area contributed by atoms with Gasteiger partial charge in [-0.3, -0.25) is 0 Å². The van der Waals surface area contributed by atoms with Crippen LogP contribution in [0.2, 0.25) is 0 Å². The van der Waals surface area contributed by atoms with Gasteiger partial charge in [0.25, 0.3) is 0 Å². The zero-order chi connectivity index (χ0) is 14.5. The summed E-state index contributed by atoms with van der Waals surface area (Å²) in [7, 11) is 3.60. The number of ether oxygens (including phenoxy) is 1. The van der Waals surface area contributed by atoms with Crippen molar-refractivity contribution in [1.82, 2.24) is 5.32 Å². The highest BCUT2D eigenvalue weighted by Crippen LogP contribution is 2.23. The van der Waals surface area contributed by atoms with Crippen molar-refractivity contribution in [3.05, 3.63) is 65.0 Å². The Morgan fingerprint density at radius 3 is 2.65 bits per heavy atom. The minimum absolute atomic E-state index is 0.175. The Morgan fingerprint density at radius 2 is 2.00 bits per heavy atom. The number of aryl methyl sites for hydroxylation is 1. The minimum Gasteiger partial charge on any atom is -0.497 e. The van der Waals surface area contributed by atoms with E-state index in [1.54, 1.807) is 13.2 Å². The van der Waals surface area contributed by atoms with Crippen molar-refractivity contribution in [3.63, 3.8) is 0 Å². The third kappa shape index (κ3) is 3.36. The van der Waals surface area contributed by atoms with E-state index >= 15 is 0 Å². The van der Waals surface area contributed by atoms with Crippen LogP contribution in [-0.4, -0.2) is 14.2 Å². The smallest absolute Gasteiger partial charge is 0.123 e. The lowest BCUT2D eigenvalue weighted by atomic mass is 9.96. The van der Waals surface area contributed by atoms with Gasteiger partial charge in [0, 0.05) is 6.04 Å². The summed E-state index contributed by atoms with van der Waals surface area (Å²) in [5.74, 6) is 0.659. The van der Waals surface area contributed by atoms with Crippen LogP contribution in [0.3, 0.4) is 0 Å². The molecule has 0 radical (unpaired) electrons. The lowest BCUT2D eigenvalue weighted by Gasteiger charge is -2.18. The second kappa shape index (κ2) is 6.53. The van der Waals surface area contributed by atoms with Crippen molar-refractivity contribution in [2.45, 2.75) is 19.4 Å². The summed E-state index contributed by atoms with van der Waals surface area (Å²) >= 11 is 0. The first-order valence-corrected chi connectivity index (χ1v) is 6.70. The van der Waals surface area contributed by atoms with E-state index in [1.807, 2.05) is 38.2 Å². The third-order valence-electron chi connectivity index (χ3n) is 3.57. The molecule has 0 aliphatic rings. The van der Waals surface area contributed by atoms with Crippen LogP contribution in [0.15, 0.2) is 42.5 Å². The van der Waals surface area contributed by atoms with E-state index in [4.69, 9.17) is 4.74 Å². The quantitative estimate of drug-likeness (QED) is 0.898. The molecule has 0 fully saturated rings. The zero-order valence-corrected chi connectivity index (χ0v) is 12.1. The molecule has 2 rings (SSSR count). The fourth-order valence-electron chi connectivity index (χ4n) is 2.35. The van der Waals surface area contributed by atoms with Gasteiger partial charge in [-0.05, 0) is 61.3 Å². The fourth-order valence-corrected chi connectivity index (χ4v) is 2.35. The molecular formula is C17H20FNO. The minimum atomic E-state index is -0.186. The van der Waals surface area contributed by atoms with Crippen LogP contribution in [0.4, 0.5) is 4.39 Å². The molecule has 3 heteroatoms. The Bertz CT molecular complexity index is 583. The molecule has 0 aromatic heterocycles. The average molecular weight is 273 g/mol. The highest BCUT2D eigenvalue weighted by molar-refractivity contribution is 5.33. The maximum Gasteiger partial charge on any atom is 0.123 e. The molecule has 0 spiro atoms. The van der Waals surface area contributed by atoms with Crippen LogP contribution in [0.25, 0.3) is 0 Å². The Morgan fingerprint density at radius 1 is 1.20 bits per heavy atom. The van der Waals surface area contributed by atoms with Gasteiger partial charge in [-0.1, -0.05) is 18.2 Å². The molecule has 1 atom stereocenters. The Balaban J connectivity index is 2.23. The van der Waals surface area contributed by atoms with Crippen molar-refractivity contribution >= 4 is 0 Å². The SMILES string of the molecule is CNC(Cc1ccc(F)cc1C)c1cccc(OC)c1. The number of nitrogens with one attached hydrogen (secondary N) is 1. The number of hydrogen-bond acceptors (Lipinski definition) is 2. The van der Waals surface area contributed by atoms with Gasteiger partial charge in [-0.2, -0.15) is 0 Å². The molecule has 0 aliphatic carbocycles. The third-order valence-corrected chi connectivity index (χ3v) is 3.57. The maximum absolute atomic E-state index is 13.2. The summed E-state index contributed by atoms with van der Waals surface area (Å²) in [6.45, 7) is 1.94. The molecule has 20 heavy (non-hydrogen) atoms. The summed E-state index contributed by atoms with van der Waals surface area (Å²) < 4.78 is 18.4. The summed E-state index contributed by atoms with van der Waals surface area (Å²) in [6.07, 6.45) is 0.815. The average Bonchev–Trinajstić information content (AvgIpc) is 2.46. The highest BCUT2D eigenvalue weighted by atomic mass is 19.1. The van der Waals surface area contributed by atoms with E-state index in [0.29, 0.717) is 0 Å². The first-order valence-electron chi connectivity index (χ1n) is 6.70.